The fourth-order valence-corrected chi connectivity index (χ4v) is 2.37. The van der Waals surface area contributed by atoms with E-state index in [1.165, 1.54) is 0 Å². The van der Waals surface area contributed by atoms with Crippen molar-refractivity contribution >= 4 is 17.2 Å². The summed E-state index contributed by atoms with van der Waals surface area (Å²) in [6.07, 6.45) is -0.423. The summed E-state index contributed by atoms with van der Waals surface area (Å²) < 4.78 is 5.64. The van der Waals surface area contributed by atoms with E-state index >= 15 is 0 Å². The Labute approximate surface area is 124 Å². The van der Waals surface area contributed by atoms with Gasteiger partial charge < -0.3 is 20.7 Å². The van der Waals surface area contributed by atoms with Crippen molar-refractivity contribution in [2.24, 2.45) is 5.73 Å². The second-order valence-electron chi connectivity index (χ2n) is 4.99. The summed E-state index contributed by atoms with van der Waals surface area (Å²) in [5.74, 6) is 0.747. The molecule has 1 aliphatic heterocycles. The fourth-order valence-electron chi connectivity index (χ4n) is 2.25. The Bertz CT molecular complexity index is 459. The summed E-state index contributed by atoms with van der Waals surface area (Å²) in [7, 11) is 0. The average Bonchev–Trinajstić information content (AvgIpc) is 2.74. The number of likely N-dealkylation sites (tertiary alicyclic amines) is 1. The third kappa shape index (κ3) is 4.14. The van der Waals surface area contributed by atoms with E-state index in [0.717, 1.165) is 24.3 Å². The first-order chi connectivity index (χ1) is 9.56. The van der Waals surface area contributed by atoms with E-state index in [-0.39, 0.29) is 0 Å². The van der Waals surface area contributed by atoms with E-state index in [9.17, 15) is 10.2 Å². The molecule has 0 amide bonds. The van der Waals surface area contributed by atoms with Crippen LogP contribution in [0.2, 0.25) is 0 Å². The molecule has 1 aromatic carbocycles. The van der Waals surface area contributed by atoms with Gasteiger partial charge >= 0.3 is 0 Å². The van der Waals surface area contributed by atoms with Gasteiger partial charge in [-0.15, -0.1) is 0 Å². The van der Waals surface area contributed by atoms with Gasteiger partial charge in [0, 0.05) is 25.2 Å². The number of aliphatic hydroxyl groups excluding tert-OH is 2. The Morgan fingerprint density at radius 2 is 2.05 bits per heavy atom. The van der Waals surface area contributed by atoms with Crippen LogP contribution in [0.25, 0.3) is 0 Å². The Hall–Kier alpha value is -1.21. The van der Waals surface area contributed by atoms with Crippen molar-refractivity contribution in [3.05, 3.63) is 29.8 Å². The quantitative estimate of drug-likeness (QED) is 0.511. The molecular weight excluding hydrogens is 276 g/mol. The highest BCUT2D eigenvalue weighted by Crippen LogP contribution is 2.14. The van der Waals surface area contributed by atoms with E-state index in [0.29, 0.717) is 24.7 Å². The molecule has 1 aromatic rings. The lowest BCUT2D eigenvalue weighted by molar-refractivity contribution is 0.0572. The fraction of sp³-hybridized carbons (Fsp3) is 0.500. The molecule has 5 nitrogen and oxygen atoms in total. The molecule has 0 radical (unpaired) electrons. The van der Waals surface area contributed by atoms with Crippen molar-refractivity contribution < 1.29 is 14.9 Å². The van der Waals surface area contributed by atoms with Crippen LogP contribution in [-0.4, -0.2) is 58.6 Å². The first kappa shape index (κ1) is 15.2. The molecule has 110 valence electrons. The SMILES string of the molecule is NC(=S)c1cccc(OCCCN2CC(O)C(O)C2)c1. The molecule has 1 heterocycles. The lowest BCUT2D eigenvalue weighted by atomic mass is 10.2. The average molecular weight is 296 g/mol. The van der Waals surface area contributed by atoms with E-state index in [2.05, 4.69) is 0 Å². The monoisotopic (exact) mass is 296 g/mol. The number of hydrogen-bond donors (Lipinski definition) is 3. The maximum absolute atomic E-state index is 9.44. The molecule has 2 rings (SSSR count). The van der Waals surface area contributed by atoms with Gasteiger partial charge in [-0.2, -0.15) is 0 Å². The summed E-state index contributed by atoms with van der Waals surface area (Å²) in [5, 5.41) is 18.9. The number of thiocarbonyl (C=S) groups is 1. The zero-order valence-electron chi connectivity index (χ0n) is 11.2. The van der Waals surface area contributed by atoms with Crippen LogP contribution in [0.15, 0.2) is 24.3 Å². The number of aliphatic hydroxyl groups is 2. The van der Waals surface area contributed by atoms with E-state index in [4.69, 9.17) is 22.7 Å². The minimum atomic E-state index is -0.627. The molecule has 4 N–H and O–H groups in total. The van der Waals surface area contributed by atoms with Crippen LogP contribution in [-0.2, 0) is 0 Å². The van der Waals surface area contributed by atoms with Gasteiger partial charge in [-0.25, -0.2) is 0 Å². The molecule has 1 saturated heterocycles. The third-order valence-corrected chi connectivity index (χ3v) is 3.58. The summed E-state index contributed by atoms with van der Waals surface area (Å²) in [5.41, 5.74) is 6.36. The van der Waals surface area contributed by atoms with Crippen molar-refractivity contribution in [2.75, 3.05) is 26.2 Å². The van der Waals surface area contributed by atoms with Gasteiger partial charge in [0.2, 0.25) is 0 Å². The molecule has 0 aromatic heterocycles. The van der Waals surface area contributed by atoms with Gasteiger partial charge in [0.1, 0.15) is 10.7 Å². The number of hydrogen-bond acceptors (Lipinski definition) is 5. The molecule has 6 heteroatoms. The summed E-state index contributed by atoms with van der Waals surface area (Å²) in [6.45, 7) is 2.42. The first-order valence-corrected chi connectivity index (χ1v) is 7.08. The van der Waals surface area contributed by atoms with E-state index in [1.54, 1.807) is 0 Å². The number of nitrogens with zero attached hydrogens (tertiary/aromatic N) is 1. The Morgan fingerprint density at radius 1 is 1.35 bits per heavy atom. The number of nitrogens with two attached hydrogens (primary N) is 1. The predicted molar refractivity (Wildman–Crippen MR) is 80.9 cm³/mol. The van der Waals surface area contributed by atoms with E-state index in [1.807, 2.05) is 29.2 Å². The molecule has 0 bridgehead atoms. The van der Waals surface area contributed by atoms with Gasteiger partial charge in [0.05, 0.1) is 18.8 Å². The zero-order valence-corrected chi connectivity index (χ0v) is 12.1. The third-order valence-electron chi connectivity index (χ3n) is 3.34. The summed E-state index contributed by atoms with van der Waals surface area (Å²) in [4.78, 5) is 2.39. The van der Waals surface area contributed by atoms with Crippen LogP contribution in [0.3, 0.4) is 0 Å². The molecule has 20 heavy (non-hydrogen) atoms. The molecule has 2 atom stereocenters. The molecule has 0 spiro atoms. The predicted octanol–water partition coefficient (Wildman–Crippen LogP) is 0.127. The number of ether oxygens (including phenoxy) is 1. The van der Waals surface area contributed by atoms with Crippen LogP contribution >= 0.6 is 12.2 Å². The molecule has 2 unspecified atom stereocenters. The lowest BCUT2D eigenvalue weighted by Crippen LogP contribution is -2.24. The van der Waals surface area contributed by atoms with E-state index < -0.39 is 12.2 Å². The van der Waals surface area contributed by atoms with Gasteiger partial charge in [0.25, 0.3) is 0 Å². The van der Waals surface area contributed by atoms with Gasteiger partial charge in [-0.3, -0.25) is 4.90 Å². The normalized spacial score (nSPS) is 22.9. The van der Waals surface area contributed by atoms with Crippen LogP contribution in [0.5, 0.6) is 5.75 Å². The Kier molecular flexibility index (Phi) is 5.31. The lowest BCUT2D eigenvalue weighted by Gasteiger charge is -2.14. The maximum Gasteiger partial charge on any atom is 0.119 e. The highest BCUT2D eigenvalue weighted by Gasteiger charge is 2.28. The number of benzene rings is 1. The number of β-amino-alcohol motifs (C(OH)–C–C–N with tert-alkyl or cyclic N) is 2. The maximum atomic E-state index is 9.44. The van der Waals surface area contributed by atoms with Gasteiger partial charge in [-0.1, -0.05) is 24.4 Å². The number of rotatable bonds is 6. The smallest absolute Gasteiger partial charge is 0.119 e. The van der Waals surface area contributed by atoms with Gasteiger partial charge in [-0.05, 0) is 18.6 Å². The largest absolute Gasteiger partial charge is 0.494 e. The highest BCUT2D eigenvalue weighted by atomic mass is 32.1. The van der Waals surface area contributed by atoms with Crippen LogP contribution < -0.4 is 10.5 Å². The van der Waals surface area contributed by atoms with Crippen molar-refractivity contribution in [3.8, 4) is 5.75 Å². The second-order valence-corrected chi connectivity index (χ2v) is 5.43. The van der Waals surface area contributed by atoms with Gasteiger partial charge in [0.15, 0.2) is 0 Å². The topological polar surface area (TPSA) is 79.0 Å². The molecule has 1 fully saturated rings. The van der Waals surface area contributed by atoms with Crippen molar-refractivity contribution in [2.45, 2.75) is 18.6 Å². The van der Waals surface area contributed by atoms with Crippen LogP contribution in [0.4, 0.5) is 0 Å². The Balaban J connectivity index is 1.71. The molecule has 1 aliphatic rings. The molecule has 0 saturated carbocycles. The summed E-state index contributed by atoms with van der Waals surface area (Å²) in [6, 6.07) is 7.40. The van der Waals surface area contributed by atoms with Crippen LogP contribution in [0.1, 0.15) is 12.0 Å². The Morgan fingerprint density at radius 3 is 2.70 bits per heavy atom. The van der Waals surface area contributed by atoms with Crippen LogP contribution in [0, 0.1) is 0 Å². The minimum absolute atomic E-state index is 0.357. The van der Waals surface area contributed by atoms with Crippen molar-refractivity contribution in [1.82, 2.24) is 4.90 Å². The first-order valence-electron chi connectivity index (χ1n) is 6.67. The molecule has 0 aliphatic carbocycles. The second kappa shape index (κ2) is 6.99. The summed E-state index contributed by atoms with van der Waals surface area (Å²) >= 11 is 4.92. The highest BCUT2D eigenvalue weighted by molar-refractivity contribution is 7.80. The van der Waals surface area contributed by atoms with Crippen molar-refractivity contribution in [1.29, 1.82) is 0 Å². The zero-order chi connectivity index (χ0) is 14.5. The minimum Gasteiger partial charge on any atom is -0.494 e. The standard InChI is InChI=1S/C14H20N2O3S/c15-14(20)10-3-1-4-11(7-10)19-6-2-5-16-8-12(17)13(18)9-16/h1,3-4,7,12-13,17-18H,2,5-6,8-9H2,(H2,15,20). The molecular formula is C14H20N2O3S. The van der Waals surface area contributed by atoms with Crippen molar-refractivity contribution in [3.63, 3.8) is 0 Å².